The highest BCUT2D eigenvalue weighted by atomic mass is 32.2. The molecule has 7 nitrogen and oxygen atoms in total. The van der Waals surface area contributed by atoms with Crippen LogP contribution in [0.15, 0.2) is 17.0 Å². The number of benzene rings is 1. The molecule has 0 saturated heterocycles. The molecule has 8 heteroatoms. The summed E-state index contributed by atoms with van der Waals surface area (Å²) in [7, 11) is -4.04. The van der Waals surface area contributed by atoms with Gasteiger partial charge in [-0.05, 0) is 43.9 Å². The number of aryl methyl sites for hydroxylation is 2. The molecule has 0 aliphatic heterocycles. The normalized spacial score (nSPS) is 12.4. The predicted octanol–water partition coefficient (Wildman–Crippen LogP) is 2.01. The lowest BCUT2D eigenvalue weighted by Crippen LogP contribution is -2.52. The Labute approximate surface area is 131 Å². The van der Waals surface area contributed by atoms with E-state index in [1.165, 1.54) is 12.1 Å². The van der Waals surface area contributed by atoms with E-state index in [1.807, 2.05) is 13.8 Å². The molecule has 1 rings (SSSR count). The van der Waals surface area contributed by atoms with E-state index in [0.717, 1.165) is 0 Å². The van der Waals surface area contributed by atoms with Crippen LogP contribution in [0.1, 0.15) is 37.8 Å². The van der Waals surface area contributed by atoms with Crippen LogP contribution in [0, 0.1) is 24.0 Å². The van der Waals surface area contributed by atoms with E-state index in [1.54, 1.807) is 13.8 Å². The second-order valence-electron chi connectivity index (χ2n) is 5.46. The summed E-state index contributed by atoms with van der Waals surface area (Å²) in [6, 6.07) is 2.62. The topological polar surface area (TPSA) is 115 Å². The van der Waals surface area contributed by atoms with Gasteiger partial charge in [-0.15, -0.1) is 0 Å². The van der Waals surface area contributed by atoms with Gasteiger partial charge in [0.25, 0.3) is 5.69 Å². The number of nitro benzene ring substituents is 1. The van der Waals surface area contributed by atoms with Crippen molar-refractivity contribution in [2.75, 3.05) is 6.54 Å². The number of rotatable bonds is 7. The van der Waals surface area contributed by atoms with E-state index in [4.69, 9.17) is 5.73 Å². The Kier molecular flexibility index (Phi) is 5.66. The first kappa shape index (κ1) is 18.5. The van der Waals surface area contributed by atoms with Crippen LogP contribution >= 0.6 is 0 Å². The van der Waals surface area contributed by atoms with Gasteiger partial charge in [0.15, 0.2) is 4.90 Å². The molecule has 0 atom stereocenters. The van der Waals surface area contributed by atoms with E-state index in [2.05, 4.69) is 4.72 Å². The number of nitro groups is 1. The second kappa shape index (κ2) is 6.72. The van der Waals surface area contributed by atoms with Gasteiger partial charge in [-0.1, -0.05) is 13.8 Å². The van der Waals surface area contributed by atoms with Gasteiger partial charge in [0, 0.05) is 18.2 Å². The van der Waals surface area contributed by atoms with Crippen molar-refractivity contribution in [3.63, 3.8) is 0 Å². The zero-order valence-corrected chi connectivity index (χ0v) is 14.2. The zero-order valence-electron chi connectivity index (χ0n) is 13.3. The molecule has 0 bridgehead atoms. The van der Waals surface area contributed by atoms with Gasteiger partial charge in [0.1, 0.15) is 0 Å². The number of nitrogens with one attached hydrogen (secondary N) is 1. The Morgan fingerprint density at radius 3 is 2.14 bits per heavy atom. The van der Waals surface area contributed by atoms with Gasteiger partial charge in [0.05, 0.1) is 4.92 Å². The van der Waals surface area contributed by atoms with Gasteiger partial charge >= 0.3 is 0 Å². The van der Waals surface area contributed by atoms with E-state index in [9.17, 15) is 18.5 Å². The Bertz CT molecular complexity index is 659. The third-order valence-electron chi connectivity index (χ3n) is 4.16. The van der Waals surface area contributed by atoms with Gasteiger partial charge in [-0.2, -0.15) is 0 Å². The highest BCUT2D eigenvalue weighted by Crippen LogP contribution is 2.29. The summed E-state index contributed by atoms with van der Waals surface area (Å²) in [5.41, 5.74) is 5.83. The highest BCUT2D eigenvalue weighted by molar-refractivity contribution is 7.89. The number of nitrogens with two attached hydrogens (primary N) is 1. The third kappa shape index (κ3) is 3.63. The van der Waals surface area contributed by atoms with Crippen molar-refractivity contribution >= 4 is 15.7 Å². The maximum Gasteiger partial charge on any atom is 0.289 e. The number of nitrogens with zero attached hydrogens (tertiary/aromatic N) is 1. The molecule has 1 aromatic rings. The summed E-state index contributed by atoms with van der Waals surface area (Å²) in [5, 5.41) is 11.2. The Balaban J connectivity index is 3.46. The van der Waals surface area contributed by atoms with Crippen molar-refractivity contribution in [2.45, 2.75) is 51.0 Å². The molecule has 0 spiro atoms. The molecule has 0 saturated carbocycles. The fourth-order valence-corrected chi connectivity index (χ4v) is 3.99. The average Bonchev–Trinajstić information content (AvgIpc) is 2.47. The standard InChI is InChI=1S/C14H23N3O4S/c1-5-14(6-2,9-15)16-22(20,21)13-8-11(4)10(3)7-12(13)17(18)19/h7-8,16H,5-6,9,15H2,1-4H3. The number of sulfonamides is 1. The minimum Gasteiger partial charge on any atom is -0.329 e. The van der Waals surface area contributed by atoms with Crippen LogP contribution in [0.2, 0.25) is 0 Å². The molecule has 0 unspecified atom stereocenters. The molecule has 0 radical (unpaired) electrons. The minimum atomic E-state index is -4.04. The molecular weight excluding hydrogens is 306 g/mol. The monoisotopic (exact) mass is 329 g/mol. The summed E-state index contributed by atoms with van der Waals surface area (Å²) in [4.78, 5) is 10.2. The van der Waals surface area contributed by atoms with Crippen LogP contribution < -0.4 is 10.5 Å². The quantitative estimate of drug-likeness (QED) is 0.586. The van der Waals surface area contributed by atoms with Gasteiger partial charge < -0.3 is 5.73 Å². The largest absolute Gasteiger partial charge is 0.329 e. The van der Waals surface area contributed by atoms with Crippen LogP contribution in [0.4, 0.5) is 5.69 Å². The van der Waals surface area contributed by atoms with Crippen LogP contribution in [-0.4, -0.2) is 25.4 Å². The molecule has 0 aliphatic carbocycles. The predicted molar refractivity (Wildman–Crippen MR) is 85.3 cm³/mol. The summed E-state index contributed by atoms with van der Waals surface area (Å²) < 4.78 is 27.8. The molecule has 0 heterocycles. The lowest BCUT2D eigenvalue weighted by Gasteiger charge is -2.30. The lowest BCUT2D eigenvalue weighted by atomic mass is 9.95. The fraction of sp³-hybridized carbons (Fsp3) is 0.571. The molecule has 0 amide bonds. The fourth-order valence-electron chi connectivity index (χ4n) is 2.20. The number of hydrogen-bond donors (Lipinski definition) is 2. The summed E-state index contributed by atoms with van der Waals surface area (Å²) >= 11 is 0. The Morgan fingerprint density at radius 2 is 1.73 bits per heavy atom. The molecule has 124 valence electrons. The molecule has 3 N–H and O–H groups in total. The van der Waals surface area contributed by atoms with Crippen LogP contribution in [0.25, 0.3) is 0 Å². The maximum absolute atomic E-state index is 12.6. The van der Waals surface area contributed by atoms with Crippen molar-refractivity contribution < 1.29 is 13.3 Å². The minimum absolute atomic E-state index is 0.123. The van der Waals surface area contributed by atoms with E-state index >= 15 is 0 Å². The molecule has 22 heavy (non-hydrogen) atoms. The average molecular weight is 329 g/mol. The van der Waals surface area contributed by atoms with E-state index in [0.29, 0.717) is 24.0 Å². The van der Waals surface area contributed by atoms with Crippen molar-refractivity contribution in [3.05, 3.63) is 33.4 Å². The first-order valence-corrected chi connectivity index (χ1v) is 8.60. The molecule has 0 fully saturated rings. The molecule has 1 aromatic carbocycles. The van der Waals surface area contributed by atoms with Crippen molar-refractivity contribution in [1.82, 2.24) is 4.72 Å². The van der Waals surface area contributed by atoms with Gasteiger partial charge in [-0.3, -0.25) is 10.1 Å². The third-order valence-corrected chi connectivity index (χ3v) is 5.76. The van der Waals surface area contributed by atoms with E-state index < -0.39 is 26.2 Å². The molecular formula is C14H23N3O4S. The second-order valence-corrected chi connectivity index (χ2v) is 7.11. The smallest absolute Gasteiger partial charge is 0.289 e. The van der Waals surface area contributed by atoms with Crippen LogP contribution in [-0.2, 0) is 10.0 Å². The summed E-state index contributed by atoms with van der Waals surface area (Å²) in [5.74, 6) is 0. The SMILES string of the molecule is CCC(CC)(CN)NS(=O)(=O)c1cc(C)c(C)cc1[N+](=O)[O-]. The number of hydrogen-bond acceptors (Lipinski definition) is 5. The molecule has 0 aromatic heterocycles. The maximum atomic E-state index is 12.6. The first-order chi connectivity index (χ1) is 10.1. The molecule has 0 aliphatic rings. The Morgan fingerprint density at radius 1 is 1.23 bits per heavy atom. The van der Waals surface area contributed by atoms with E-state index in [-0.39, 0.29) is 11.4 Å². The Hall–Kier alpha value is -1.51. The van der Waals surface area contributed by atoms with Crippen molar-refractivity contribution in [1.29, 1.82) is 0 Å². The van der Waals surface area contributed by atoms with Crippen molar-refractivity contribution in [2.24, 2.45) is 5.73 Å². The van der Waals surface area contributed by atoms with Gasteiger partial charge in [-0.25, -0.2) is 13.1 Å². The van der Waals surface area contributed by atoms with Gasteiger partial charge in [0.2, 0.25) is 10.0 Å². The first-order valence-electron chi connectivity index (χ1n) is 7.12. The lowest BCUT2D eigenvalue weighted by molar-refractivity contribution is -0.387. The summed E-state index contributed by atoms with van der Waals surface area (Å²) in [6.07, 6.45) is 0.996. The zero-order chi connectivity index (χ0) is 17.1. The summed E-state index contributed by atoms with van der Waals surface area (Å²) in [6.45, 7) is 7.20. The van der Waals surface area contributed by atoms with Crippen LogP contribution in [0.3, 0.4) is 0 Å². The van der Waals surface area contributed by atoms with Crippen molar-refractivity contribution in [3.8, 4) is 0 Å². The highest BCUT2D eigenvalue weighted by Gasteiger charge is 2.34. The van der Waals surface area contributed by atoms with Crippen LogP contribution in [0.5, 0.6) is 0 Å².